The van der Waals surface area contributed by atoms with Crippen molar-refractivity contribution < 1.29 is 14.6 Å². The van der Waals surface area contributed by atoms with Gasteiger partial charge in [-0.25, -0.2) is 4.79 Å². The zero-order valence-electron chi connectivity index (χ0n) is 8.05. The SMILES string of the molecule is CC(C)(C)OC(=O)[C@@](C)(O)CN. The van der Waals surface area contributed by atoms with Crippen molar-refractivity contribution in [3.05, 3.63) is 0 Å². The Morgan fingerprint density at radius 2 is 1.83 bits per heavy atom. The minimum Gasteiger partial charge on any atom is -0.458 e. The van der Waals surface area contributed by atoms with Gasteiger partial charge < -0.3 is 15.6 Å². The summed E-state index contributed by atoms with van der Waals surface area (Å²) >= 11 is 0. The normalized spacial score (nSPS) is 16.8. The number of rotatable bonds is 2. The number of hydrogen-bond acceptors (Lipinski definition) is 4. The van der Waals surface area contributed by atoms with Crippen LogP contribution in [-0.4, -0.2) is 28.8 Å². The van der Waals surface area contributed by atoms with Crippen LogP contribution in [0.1, 0.15) is 27.7 Å². The topological polar surface area (TPSA) is 72.5 Å². The molecule has 0 aliphatic carbocycles. The average Bonchev–Trinajstić information content (AvgIpc) is 1.84. The highest BCUT2D eigenvalue weighted by Crippen LogP contribution is 2.12. The molecule has 0 aromatic carbocycles. The van der Waals surface area contributed by atoms with Crippen LogP contribution in [0, 0.1) is 0 Å². The predicted molar refractivity (Wildman–Crippen MR) is 45.5 cm³/mol. The van der Waals surface area contributed by atoms with E-state index in [-0.39, 0.29) is 6.54 Å². The van der Waals surface area contributed by atoms with Gasteiger partial charge in [-0.2, -0.15) is 0 Å². The quantitative estimate of drug-likeness (QED) is 0.581. The van der Waals surface area contributed by atoms with Crippen molar-refractivity contribution in [1.29, 1.82) is 0 Å². The molecule has 72 valence electrons. The summed E-state index contributed by atoms with van der Waals surface area (Å²) in [5.74, 6) is -0.683. The molecule has 0 spiro atoms. The van der Waals surface area contributed by atoms with Crippen molar-refractivity contribution in [2.75, 3.05) is 6.54 Å². The molecule has 0 bridgehead atoms. The largest absolute Gasteiger partial charge is 0.458 e. The van der Waals surface area contributed by atoms with E-state index in [1.165, 1.54) is 6.92 Å². The van der Waals surface area contributed by atoms with Gasteiger partial charge in [0.15, 0.2) is 5.60 Å². The number of carbonyl (C=O) groups is 1. The standard InChI is InChI=1S/C8H17NO3/c1-7(2,3)12-6(10)8(4,11)5-9/h11H,5,9H2,1-4H3/t8-/m0/s1. The fraction of sp³-hybridized carbons (Fsp3) is 0.875. The molecule has 0 heterocycles. The van der Waals surface area contributed by atoms with Crippen LogP contribution >= 0.6 is 0 Å². The monoisotopic (exact) mass is 175 g/mol. The summed E-state index contributed by atoms with van der Waals surface area (Å²) in [5, 5.41) is 9.36. The van der Waals surface area contributed by atoms with Crippen molar-refractivity contribution in [1.82, 2.24) is 0 Å². The van der Waals surface area contributed by atoms with Crippen LogP contribution in [0.2, 0.25) is 0 Å². The van der Waals surface area contributed by atoms with Crippen LogP contribution in [-0.2, 0) is 9.53 Å². The molecular formula is C8H17NO3. The summed E-state index contributed by atoms with van der Waals surface area (Å²) < 4.78 is 4.92. The van der Waals surface area contributed by atoms with E-state index in [0.29, 0.717) is 0 Å². The maximum atomic E-state index is 11.2. The van der Waals surface area contributed by atoms with Crippen LogP contribution in [0.5, 0.6) is 0 Å². The summed E-state index contributed by atoms with van der Waals surface area (Å²) in [6.45, 7) is 6.40. The molecule has 0 aliphatic heterocycles. The molecule has 0 radical (unpaired) electrons. The third-order valence-corrected chi connectivity index (χ3v) is 1.24. The number of ether oxygens (including phenoxy) is 1. The second-order valence-corrected chi connectivity index (χ2v) is 3.98. The van der Waals surface area contributed by atoms with Gasteiger partial charge in [0, 0.05) is 6.54 Å². The summed E-state index contributed by atoms with van der Waals surface area (Å²) in [6.07, 6.45) is 0. The Balaban J connectivity index is 4.23. The van der Waals surface area contributed by atoms with E-state index in [9.17, 15) is 9.90 Å². The Morgan fingerprint density at radius 1 is 1.42 bits per heavy atom. The minimum atomic E-state index is -1.58. The molecule has 0 aromatic rings. The third kappa shape index (κ3) is 3.69. The zero-order valence-corrected chi connectivity index (χ0v) is 8.05. The third-order valence-electron chi connectivity index (χ3n) is 1.24. The van der Waals surface area contributed by atoms with Crippen LogP contribution in [0.4, 0.5) is 0 Å². The summed E-state index contributed by atoms with van der Waals surface area (Å²) in [6, 6.07) is 0. The van der Waals surface area contributed by atoms with Gasteiger partial charge in [-0.15, -0.1) is 0 Å². The van der Waals surface area contributed by atoms with Crippen LogP contribution < -0.4 is 5.73 Å². The van der Waals surface area contributed by atoms with Crippen LogP contribution in [0.25, 0.3) is 0 Å². The molecule has 12 heavy (non-hydrogen) atoms. The molecular weight excluding hydrogens is 158 g/mol. The molecule has 0 rings (SSSR count). The first-order valence-corrected chi connectivity index (χ1v) is 3.85. The lowest BCUT2D eigenvalue weighted by Crippen LogP contribution is -2.46. The van der Waals surface area contributed by atoms with E-state index in [1.54, 1.807) is 20.8 Å². The molecule has 0 saturated heterocycles. The van der Waals surface area contributed by atoms with Gasteiger partial charge in [-0.05, 0) is 27.7 Å². The number of carbonyl (C=O) groups excluding carboxylic acids is 1. The summed E-state index contributed by atoms with van der Waals surface area (Å²) in [4.78, 5) is 11.2. The molecule has 0 unspecified atom stereocenters. The number of nitrogens with two attached hydrogens (primary N) is 1. The lowest BCUT2D eigenvalue weighted by molar-refractivity contribution is -0.174. The molecule has 4 heteroatoms. The van der Waals surface area contributed by atoms with Gasteiger partial charge in [0.2, 0.25) is 0 Å². The summed E-state index contributed by atoms with van der Waals surface area (Å²) in [5.41, 5.74) is 3.01. The smallest absolute Gasteiger partial charge is 0.339 e. The maximum Gasteiger partial charge on any atom is 0.339 e. The highest BCUT2D eigenvalue weighted by atomic mass is 16.6. The zero-order chi connectivity index (χ0) is 9.99. The first-order chi connectivity index (χ1) is 5.19. The number of aliphatic hydroxyl groups is 1. The first-order valence-electron chi connectivity index (χ1n) is 3.85. The number of hydrogen-bond donors (Lipinski definition) is 2. The molecule has 3 N–H and O–H groups in total. The molecule has 0 amide bonds. The molecule has 0 saturated carbocycles. The van der Waals surface area contributed by atoms with Gasteiger partial charge >= 0.3 is 5.97 Å². The van der Waals surface area contributed by atoms with Gasteiger partial charge in [0.05, 0.1) is 0 Å². The Labute approximate surface area is 72.7 Å². The van der Waals surface area contributed by atoms with E-state index in [2.05, 4.69) is 0 Å². The van der Waals surface area contributed by atoms with Gasteiger partial charge in [0.25, 0.3) is 0 Å². The predicted octanol–water partition coefficient (Wildman–Crippen LogP) is 0.0378. The molecule has 1 atom stereocenters. The van der Waals surface area contributed by atoms with Gasteiger partial charge in [-0.3, -0.25) is 0 Å². The van der Waals surface area contributed by atoms with Crippen molar-refractivity contribution in [3.8, 4) is 0 Å². The molecule has 0 aromatic heterocycles. The lowest BCUT2D eigenvalue weighted by atomic mass is 10.1. The summed E-state index contributed by atoms with van der Waals surface area (Å²) in [7, 11) is 0. The van der Waals surface area contributed by atoms with Crippen LogP contribution in [0.3, 0.4) is 0 Å². The Kier molecular flexibility index (Phi) is 3.24. The fourth-order valence-corrected chi connectivity index (χ4v) is 0.471. The molecule has 4 nitrogen and oxygen atoms in total. The van der Waals surface area contributed by atoms with E-state index >= 15 is 0 Å². The van der Waals surface area contributed by atoms with Crippen molar-refractivity contribution in [2.24, 2.45) is 5.73 Å². The maximum absolute atomic E-state index is 11.2. The van der Waals surface area contributed by atoms with E-state index in [4.69, 9.17) is 10.5 Å². The Hall–Kier alpha value is -0.610. The van der Waals surface area contributed by atoms with Crippen molar-refractivity contribution in [2.45, 2.75) is 38.9 Å². The van der Waals surface area contributed by atoms with Crippen LogP contribution in [0.15, 0.2) is 0 Å². The Bertz CT molecular complexity index is 170. The minimum absolute atomic E-state index is 0.137. The van der Waals surface area contributed by atoms with Gasteiger partial charge in [0.1, 0.15) is 5.60 Å². The lowest BCUT2D eigenvalue weighted by Gasteiger charge is -2.26. The van der Waals surface area contributed by atoms with E-state index in [0.717, 1.165) is 0 Å². The highest BCUT2D eigenvalue weighted by molar-refractivity contribution is 5.79. The van der Waals surface area contributed by atoms with E-state index < -0.39 is 17.2 Å². The Morgan fingerprint density at radius 3 is 2.08 bits per heavy atom. The highest BCUT2D eigenvalue weighted by Gasteiger charge is 2.33. The average molecular weight is 175 g/mol. The molecule has 0 aliphatic rings. The number of esters is 1. The fourth-order valence-electron chi connectivity index (χ4n) is 0.471. The second-order valence-electron chi connectivity index (χ2n) is 3.98. The van der Waals surface area contributed by atoms with Crippen molar-refractivity contribution in [3.63, 3.8) is 0 Å². The first kappa shape index (κ1) is 11.4. The van der Waals surface area contributed by atoms with Gasteiger partial charge in [-0.1, -0.05) is 0 Å². The second kappa shape index (κ2) is 3.41. The molecule has 0 fully saturated rings. The van der Waals surface area contributed by atoms with Crippen molar-refractivity contribution >= 4 is 5.97 Å². The van der Waals surface area contributed by atoms with E-state index in [1.807, 2.05) is 0 Å².